The highest BCUT2D eigenvalue weighted by molar-refractivity contribution is 7.51. The second-order valence-corrected chi connectivity index (χ2v) is 5.42. The van der Waals surface area contributed by atoms with Crippen LogP contribution >= 0.6 is 0 Å². The van der Waals surface area contributed by atoms with Gasteiger partial charge in [-0.3, -0.25) is 9.59 Å². The van der Waals surface area contributed by atoms with E-state index in [0.717, 1.165) is 0 Å². The fourth-order valence-corrected chi connectivity index (χ4v) is 2.01. The highest BCUT2D eigenvalue weighted by Crippen LogP contribution is 2.25. The monoisotopic (exact) mass is 416 g/mol. The Morgan fingerprint density at radius 3 is 2.28 bits per heavy atom. The van der Waals surface area contributed by atoms with Crippen LogP contribution in [0.4, 0.5) is 11.4 Å². The zero-order chi connectivity index (χ0) is 21.6. The molecule has 0 heterocycles. The number of phenolic OH excluding ortho intramolecular Hbond substituents is 1. The number of Topliss-reactive ketones (excluding diaryl/α,β-unsaturated/α-hetero) is 1. The summed E-state index contributed by atoms with van der Waals surface area (Å²) in [6.45, 7) is 1.74. The Labute approximate surface area is 168 Å². The van der Waals surface area contributed by atoms with Crippen molar-refractivity contribution in [3.63, 3.8) is 0 Å². The van der Waals surface area contributed by atoms with Gasteiger partial charge in [0.15, 0.2) is 5.78 Å². The number of rotatable bonds is 7. The van der Waals surface area contributed by atoms with Crippen molar-refractivity contribution in [2.45, 2.75) is 6.92 Å². The first kappa shape index (κ1) is 23.1. The van der Waals surface area contributed by atoms with Crippen LogP contribution < -0.4 is 5.32 Å². The first-order valence-electron chi connectivity index (χ1n) is 7.99. The molecule has 0 spiro atoms. The van der Waals surface area contributed by atoms with Gasteiger partial charge in [0.25, 0.3) is 5.91 Å². The summed E-state index contributed by atoms with van der Waals surface area (Å²) >= 11 is -0.750. The molecule has 29 heavy (non-hydrogen) atoms. The maximum atomic E-state index is 12.0. The molecule has 12 heteroatoms. The van der Waals surface area contributed by atoms with E-state index in [4.69, 9.17) is 13.9 Å². The summed E-state index contributed by atoms with van der Waals surface area (Å²) in [5, 5.41) is 23.7. The van der Waals surface area contributed by atoms with Gasteiger partial charge in [0, 0.05) is 23.6 Å². The van der Waals surface area contributed by atoms with Gasteiger partial charge in [-0.1, -0.05) is 5.11 Å². The van der Waals surface area contributed by atoms with E-state index in [1.165, 1.54) is 25.1 Å². The molecule has 0 fully saturated rings. The minimum atomic E-state index is -0.750. The molecule has 2 aromatic rings. The Morgan fingerprint density at radius 1 is 1.10 bits per heavy atom. The Hall–Kier alpha value is -3.89. The lowest BCUT2D eigenvalue weighted by atomic mass is 10.1. The van der Waals surface area contributed by atoms with Crippen LogP contribution in [0.15, 0.2) is 57.8 Å². The number of hydrogen-bond acceptors (Lipinski definition) is 8. The Bertz CT molecular complexity index is 980. The Morgan fingerprint density at radius 2 is 1.69 bits per heavy atom. The average Bonchev–Trinajstić information content (AvgIpc) is 2.71. The van der Waals surface area contributed by atoms with Gasteiger partial charge in [0.1, 0.15) is 5.75 Å². The van der Waals surface area contributed by atoms with Crippen molar-refractivity contribution in [3.8, 4) is 5.75 Å². The topological polar surface area (TPSA) is 174 Å². The Kier molecular flexibility index (Phi) is 9.97. The second kappa shape index (κ2) is 12.5. The molecule has 150 valence electrons. The molecule has 0 atom stereocenters. The van der Waals surface area contributed by atoms with Crippen molar-refractivity contribution in [2.24, 2.45) is 15.3 Å². The van der Waals surface area contributed by atoms with E-state index in [2.05, 4.69) is 25.6 Å². The van der Waals surface area contributed by atoms with Crippen molar-refractivity contribution >= 4 is 34.6 Å². The molecule has 0 aliphatic carbocycles. The van der Waals surface area contributed by atoms with Gasteiger partial charge in [-0.05, 0) is 54.9 Å². The molecule has 2 aromatic carbocycles. The molecule has 2 rings (SSSR count). The van der Waals surface area contributed by atoms with E-state index in [1.807, 2.05) is 0 Å². The lowest BCUT2D eigenvalue weighted by Crippen LogP contribution is -2.25. The van der Waals surface area contributed by atoms with E-state index < -0.39 is 17.5 Å². The maximum absolute atomic E-state index is 12.0. The van der Waals surface area contributed by atoms with Crippen LogP contribution in [0, 0.1) is 0 Å². The van der Waals surface area contributed by atoms with E-state index in [0.29, 0.717) is 16.9 Å². The van der Waals surface area contributed by atoms with E-state index in [1.54, 1.807) is 24.3 Å². The van der Waals surface area contributed by atoms with Crippen LogP contribution in [0.25, 0.3) is 10.4 Å². The van der Waals surface area contributed by atoms with Crippen molar-refractivity contribution in [2.75, 3.05) is 13.1 Å². The highest BCUT2D eigenvalue weighted by Gasteiger charge is 2.11. The largest absolute Gasteiger partial charge is 0.507 e. The predicted molar refractivity (Wildman–Crippen MR) is 104 cm³/mol. The van der Waals surface area contributed by atoms with Gasteiger partial charge in [0.05, 0.1) is 16.9 Å². The summed E-state index contributed by atoms with van der Waals surface area (Å²) in [5.41, 5.74) is 9.72. The summed E-state index contributed by atoms with van der Waals surface area (Å²) in [6, 6.07) is 10.9. The molecule has 0 saturated carbocycles. The smallest absolute Gasteiger partial charge is 0.335 e. The van der Waals surface area contributed by atoms with E-state index in [9.17, 15) is 14.7 Å². The minimum Gasteiger partial charge on any atom is -0.507 e. The standard InChI is InChI=1S/C17H16N6O3.O2S/c1-11(24)12-2-4-13(5-3-12)21-22-14-6-7-16(25)15(10-14)17(26)19-8-9-20-23-18;1-3-2/h2-7,10,25H,8-9H2,1H3,(H,19,26);. The highest BCUT2D eigenvalue weighted by atomic mass is 32.1. The molecule has 1 amide bonds. The normalized spacial score (nSPS) is 9.69. The van der Waals surface area contributed by atoms with Crippen molar-refractivity contribution in [1.29, 1.82) is 0 Å². The zero-order valence-corrected chi connectivity index (χ0v) is 16.0. The average molecular weight is 416 g/mol. The van der Waals surface area contributed by atoms with Crippen LogP contribution in [-0.2, 0) is 11.6 Å². The molecule has 0 saturated heterocycles. The number of azo groups is 1. The molecule has 0 aromatic heterocycles. The molecular formula is C17H16N6O5S. The number of hydrogen-bond donors (Lipinski definition) is 2. The number of carbonyl (C=O) groups is 2. The summed E-state index contributed by atoms with van der Waals surface area (Å²) in [5.74, 6) is -0.752. The van der Waals surface area contributed by atoms with Crippen LogP contribution in [0.5, 0.6) is 5.75 Å². The number of azide groups is 1. The Balaban J connectivity index is 0.00000132. The summed E-state index contributed by atoms with van der Waals surface area (Å²) < 4.78 is 16.6. The first-order chi connectivity index (χ1) is 13.9. The number of carbonyl (C=O) groups excluding carboxylic acids is 2. The predicted octanol–water partition coefficient (Wildman–Crippen LogP) is 3.38. The third kappa shape index (κ3) is 8.12. The summed E-state index contributed by atoms with van der Waals surface area (Å²) in [6.07, 6.45) is 0. The summed E-state index contributed by atoms with van der Waals surface area (Å²) in [4.78, 5) is 25.9. The lowest BCUT2D eigenvalue weighted by Gasteiger charge is -2.06. The molecule has 0 radical (unpaired) electrons. The number of phenols is 1. The van der Waals surface area contributed by atoms with E-state index in [-0.39, 0.29) is 30.2 Å². The van der Waals surface area contributed by atoms with Gasteiger partial charge < -0.3 is 10.4 Å². The molecule has 0 unspecified atom stereocenters. The molecule has 0 aliphatic heterocycles. The van der Waals surface area contributed by atoms with Gasteiger partial charge in [-0.15, -0.1) is 0 Å². The van der Waals surface area contributed by atoms with Gasteiger partial charge in [-0.25, -0.2) is 0 Å². The third-order valence-electron chi connectivity index (χ3n) is 3.34. The van der Waals surface area contributed by atoms with Crippen molar-refractivity contribution in [1.82, 2.24) is 5.32 Å². The first-order valence-corrected chi connectivity index (χ1v) is 8.66. The summed E-state index contributed by atoms with van der Waals surface area (Å²) in [7, 11) is 0. The number of amides is 1. The van der Waals surface area contributed by atoms with E-state index >= 15 is 0 Å². The maximum Gasteiger partial charge on any atom is 0.335 e. The van der Waals surface area contributed by atoms with Gasteiger partial charge in [-0.2, -0.15) is 18.6 Å². The quantitative estimate of drug-likeness (QED) is 0.231. The molecule has 11 nitrogen and oxygen atoms in total. The number of aromatic hydroxyl groups is 1. The fourth-order valence-electron chi connectivity index (χ4n) is 2.01. The van der Waals surface area contributed by atoms with Crippen LogP contribution in [0.2, 0.25) is 0 Å². The number of nitrogens with one attached hydrogen (secondary N) is 1. The van der Waals surface area contributed by atoms with Gasteiger partial charge in [0.2, 0.25) is 0 Å². The molecule has 0 aliphatic rings. The van der Waals surface area contributed by atoms with Gasteiger partial charge >= 0.3 is 11.6 Å². The molecule has 0 bridgehead atoms. The van der Waals surface area contributed by atoms with Crippen molar-refractivity contribution in [3.05, 3.63) is 64.0 Å². The van der Waals surface area contributed by atoms with Crippen LogP contribution in [0.3, 0.4) is 0 Å². The van der Waals surface area contributed by atoms with Crippen LogP contribution in [0.1, 0.15) is 27.6 Å². The van der Waals surface area contributed by atoms with Crippen molar-refractivity contribution < 1.29 is 23.1 Å². The number of benzene rings is 2. The number of nitrogens with zero attached hydrogens (tertiary/aromatic N) is 5. The SMILES string of the molecule is CC(=O)c1ccc(N=Nc2ccc(O)c(C(=O)NCCN=[N+]=[N-])c2)cc1.O=S=O. The molecule has 2 N–H and O–H groups in total. The fraction of sp³-hybridized carbons (Fsp3) is 0.176. The minimum absolute atomic E-state index is 0.0364. The third-order valence-corrected chi connectivity index (χ3v) is 3.34. The van der Waals surface area contributed by atoms with Crippen LogP contribution in [-0.4, -0.2) is 38.3 Å². The lowest BCUT2D eigenvalue weighted by molar-refractivity contribution is 0.0951. The second-order valence-electron chi connectivity index (χ2n) is 5.28. The zero-order valence-electron chi connectivity index (χ0n) is 15.2. The number of ketones is 1. The molecular weight excluding hydrogens is 400 g/mol.